The number of ether oxygens (including phenoxy) is 2. The van der Waals surface area contributed by atoms with Crippen LogP contribution in [0.15, 0.2) is 71.8 Å². The fourth-order valence-corrected chi connectivity index (χ4v) is 6.13. The minimum atomic E-state index is -0.204. The molecule has 10 heteroatoms. The van der Waals surface area contributed by atoms with Gasteiger partial charge in [0, 0.05) is 24.9 Å². The minimum absolute atomic E-state index is 0.173. The van der Waals surface area contributed by atoms with Gasteiger partial charge in [0.2, 0.25) is 0 Å². The number of hydrogen-bond acceptors (Lipinski definition) is 5. The predicted molar refractivity (Wildman–Crippen MR) is 171 cm³/mol. The van der Waals surface area contributed by atoms with E-state index in [1.54, 1.807) is 12.3 Å². The van der Waals surface area contributed by atoms with Crippen LogP contribution in [0.25, 0.3) is 10.9 Å². The number of fused-ring (bicyclic) bond motifs is 1. The van der Waals surface area contributed by atoms with Crippen LogP contribution in [0.4, 0.5) is 0 Å². The molecular formula is C30H27Br3ClN3O3. The van der Waals surface area contributed by atoms with Crippen LogP contribution >= 0.6 is 59.4 Å². The maximum Gasteiger partial charge on any atom is 0.282 e. The molecule has 1 aliphatic rings. The van der Waals surface area contributed by atoms with Crippen LogP contribution in [-0.4, -0.2) is 22.5 Å². The van der Waals surface area contributed by atoms with Gasteiger partial charge in [-0.15, -0.1) is 0 Å². The zero-order valence-electron chi connectivity index (χ0n) is 21.8. The molecule has 1 saturated carbocycles. The van der Waals surface area contributed by atoms with E-state index in [9.17, 15) is 4.79 Å². The third-order valence-electron chi connectivity index (χ3n) is 6.87. The largest absolute Gasteiger partial charge is 0.490 e. The maximum absolute atomic E-state index is 13.7. The molecule has 0 saturated heterocycles. The second-order valence-electron chi connectivity index (χ2n) is 9.60. The second-order valence-corrected chi connectivity index (χ2v) is 12.6. The third-order valence-corrected chi connectivity index (χ3v) is 9.33. The number of rotatable bonds is 8. The Balaban J connectivity index is 1.54. The Morgan fingerprint density at radius 3 is 2.48 bits per heavy atom. The first kappa shape index (κ1) is 29.3. The molecule has 0 radical (unpaired) electrons. The molecule has 3 aromatic carbocycles. The summed E-state index contributed by atoms with van der Waals surface area (Å²) in [5.41, 5.74) is 2.12. The van der Waals surface area contributed by atoms with Crippen LogP contribution in [0.2, 0.25) is 5.02 Å². The van der Waals surface area contributed by atoms with Crippen LogP contribution < -0.4 is 15.0 Å². The summed E-state index contributed by atoms with van der Waals surface area (Å²) in [6.45, 7) is 2.65. The Bertz CT molecular complexity index is 1620. The van der Waals surface area contributed by atoms with Crippen molar-refractivity contribution in [2.24, 2.45) is 5.10 Å². The van der Waals surface area contributed by atoms with Crippen LogP contribution in [0.3, 0.4) is 0 Å². The smallest absolute Gasteiger partial charge is 0.282 e. The molecule has 208 valence electrons. The molecule has 1 heterocycles. The number of hydrogen-bond donors (Lipinski definition) is 0. The molecule has 1 fully saturated rings. The monoisotopic (exact) mass is 749 g/mol. The molecule has 5 rings (SSSR count). The minimum Gasteiger partial charge on any atom is -0.490 e. The van der Waals surface area contributed by atoms with Crippen molar-refractivity contribution >= 4 is 76.5 Å². The van der Waals surface area contributed by atoms with E-state index in [1.165, 1.54) is 11.1 Å². The van der Waals surface area contributed by atoms with Crippen molar-refractivity contribution < 1.29 is 9.47 Å². The Labute approximate surface area is 263 Å². The molecule has 40 heavy (non-hydrogen) atoms. The van der Waals surface area contributed by atoms with E-state index < -0.39 is 0 Å². The summed E-state index contributed by atoms with van der Waals surface area (Å²) in [6, 6.07) is 15.3. The summed E-state index contributed by atoms with van der Waals surface area (Å²) in [7, 11) is 0. The summed E-state index contributed by atoms with van der Waals surface area (Å²) in [6.07, 6.45) is 7.02. The van der Waals surface area contributed by atoms with Gasteiger partial charge in [0.1, 0.15) is 17.5 Å². The molecule has 0 amide bonds. The molecule has 0 unspecified atom stereocenters. The summed E-state index contributed by atoms with van der Waals surface area (Å²) in [5, 5.41) is 5.55. The molecule has 0 N–H and O–H groups in total. The van der Waals surface area contributed by atoms with E-state index in [2.05, 4.69) is 52.9 Å². The highest BCUT2D eigenvalue weighted by atomic mass is 79.9. The molecule has 1 aliphatic carbocycles. The van der Waals surface area contributed by atoms with Crippen LogP contribution in [0.1, 0.15) is 61.9 Å². The summed E-state index contributed by atoms with van der Waals surface area (Å²) in [4.78, 5) is 18.6. The zero-order valence-corrected chi connectivity index (χ0v) is 27.3. The number of aromatic nitrogens is 2. The molecule has 0 bridgehead atoms. The van der Waals surface area contributed by atoms with Gasteiger partial charge in [0.15, 0.2) is 11.5 Å². The van der Waals surface area contributed by atoms with Gasteiger partial charge in [0.25, 0.3) is 5.56 Å². The van der Waals surface area contributed by atoms with E-state index in [-0.39, 0.29) is 11.5 Å². The highest BCUT2D eigenvalue weighted by Crippen LogP contribution is 2.43. The highest BCUT2D eigenvalue weighted by Gasteiger charge is 2.23. The van der Waals surface area contributed by atoms with Gasteiger partial charge in [-0.1, -0.05) is 74.9 Å². The quantitative estimate of drug-likeness (QED) is 0.169. The average Bonchev–Trinajstić information content (AvgIpc) is 2.96. The van der Waals surface area contributed by atoms with Crippen molar-refractivity contribution in [1.82, 2.24) is 9.66 Å². The van der Waals surface area contributed by atoms with Gasteiger partial charge >= 0.3 is 0 Å². The lowest BCUT2D eigenvalue weighted by molar-refractivity contribution is 0.269. The fraction of sp³-hybridized carbons (Fsp3) is 0.300. The van der Waals surface area contributed by atoms with E-state index in [4.69, 9.17) is 26.1 Å². The predicted octanol–water partition coefficient (Wildman–Crippen LogP) is 9.24. The van der Waals surface area contributed by atoms with Gasteiger partial charge in [-0.05, 0) is 77.7 Å². The SMILES string of the molecule is CCOc1cc(C=Nn2c(C3CCCCC3)nc3ccc(Br)cc3c2=O)c(Br)c(Cl)c1OCc1ccc(Br)cc1. The van der Waals surface area contributed by atoms with Gasteiger partial charge in [-0.3, -0.25) is 4.79 Å². The summed E-state index contributed by atoms with van der Waals surface area (Å²) < 4.78 is 15.9. The van der Waals surface area contributed by atoms with Crippen LogP contribution in [0.5, 0.6) is 11.5 Å². The molecular weight excluding hydrogens is 726 g/mol. The molecule has 4 aromatic rings. The Morgan fingerprint density at radius 2 is 1.75 bits per heavy atom. The number of benzene rings is 3. The topological polar surface area (TPSA) is 65.7 Å². The molecule has 0 atom stereocenters. The van der Waals surface area contributed by atoms with E-state index in [1.807, 2.05) is 49.4 Å². The first-order chi connectivity index (χ1) is 19.4. The van der Waals surface area contributed by atoms with Gasteiger partial charge < -0.3 is 9.47 Å². The van der Waals surface area contributed by atoms with Gasteiger partial charge in [0.05, 0.1) is 23.7 Å². The van der Waals surface area contributed by atoms with Crippen molar-refractivity contribution in [3.63, 3.8) is 0 Å². The van der Waals surface area contributed by atoms with Crippen molar-refractivity contribution in [3.05, 3.63) is 94.3 Å². The third kappa shape index (κ3) is 6.48. The van der Waals surface area contributed by atoms with Crippen molar-refractivity contribution in [3.8, 4) is 11.5 Å². The summed E-state index contributed by atoms with van der Waals surface area (Å²) >= 11 is 17.3. The van der Waals surface area contributed by atoms with E-state index >= 15 is 0 Å². The molecule has 6 nitrogen and oxygen atoms in total. The molecule has 0 spiro atoms. The summed E-state index contributed by atoms with van der Waals surface area (Å²) in [5.74, 6) is 1.80. The average molecular weight is 753 g/mol. The van der Waals surface area contributed by atoms with Gasteiger partial charge in [-0.2, -0.15) is 9.78 Å². The zero-order chi connectivity index (χ0) is 28.2. The van der Waals surface area contributed by atoms with Gasteiger partial charge in [-0.25, -0.2) is 4.98 Å². The lowest BCUT2D eigenvalue weighted by atomic mass is 9.88. The molecule has 0 aliphatic heterocycles. The normalized spacial score (nSPS) is 14.2. The first-order valence-corrected chi connectivity index (χ1v) is 15.9. The maximum atomic E-state index is 13.7. The Kier molecular flexibility index (Phi) is 9.66. The fourth-order valence-electron chi connectivity index (χ4n) is 4.85. The first-order valence-electron chi connectivity index (χ1n) is 13.1. The van der Waals surface area contributed by atoms with Crippen molar-refractivity contribution in [2.75, 3.05) is 6.61 Å². The van der Waals surface area contributed by atoms with Crippen LogP contribution in [-0.2, 0) is 6.61 Å². The van der Waals surface area contributed by atoms with E-state index in [0.29, 0.717) is 56.5 Å². The number of nitrogens with zero attached hydrogens (tertiary/aromatic N) is 3. The Morgan fingerprint density at radius 1 is 1.02 bits per heavy atom. The Hall–Kier alpha value is -2.20. The second kappa shape index (κ2) is 13.2. The lowest BCUT2D eigenvalue weighted by Crippen LogP contribution is -2.25. The highest BCUT2D eigenvalue weighted by molar-refractivity contribution is 9.11. The van der Waals surface area contributed by atoms with Crippen LogP contribution in [0, 0.1) is 0 Å². The van der Waals surface area contributed by atoms with Crippen molar-refractivity contribution in [1.29, 1.82) is 0 Å². The van der Waals surface area contributed by atoms with E-state index in [0.717, 1.165) is 40.2 Å². The van der Waals surface area contributed by atoms with Crippen molar-refractivity contribution in [2.45, 2.75) is 51.6 Å². The molecule has 1 aromatic heterocycles. The number of halogens is 4. The lowest BCUT2D eigenvalue weighted by Gasteiger charge is -2.23. The standard InChI is InChI=1S/C30H27Br3ClN3O3/c1-2-39-25-14-20(26(33)27(34)28(25)40-17-18-8-10-21(31)11-9-18)16-35-37-29(19-6-4-3-5-7-19)36-24-13-12-22(32)15-23(24)30(37)38/h8-16,19H,2-7,17H2,1H3.